The molecule has 0 saturated heterocycles. The average Bonchev–Trinajstić information content (AvgIpc) is 2.65. The predicted octanol–water partition coefficient (Wildman–Crippen LogP) is 1.58. The van der Waals surface area contributed by atoms with Gasteiger partial charge in [0.15, 0.2) is 5.82 Å². The number of rotatable bonds is 6. The summed E-state index contributed by atoms with van der Waals surface area (Å²) in [7, 11) is 1.63. The molecule has 0 aliphatic rings. The van der Waals surface area contributed by atoms with E-state index in [1.54, 1.807) is 7.11 Å². The van der Waals surface area contributed by atoms with E-state index in [9.17, 15) is 4.79 Å². The number of hydrogen-bond acceptors (Lipinski definition) is 3. The zero-order valence-electron chi connectivity index (χ0n) is 10.0. The number of anilines is 1. The lowest BCUT2D eigenvalue weighted by Crippen LogP contribution is -2.17. The molecule has 1 unspecified atom stereocenters. The molecule has 1 aromatic rings. The number of ether oxygens (including phenoxy) is 1. The Morgan fingerprint density at radius 1 is 1.69 bits per heavy atom. The number of amides is 1. The summed E-state index contributed by atoms with van der Waals surface area (Å²) >= 11 is 0. The molecule has 0 aromatic carbocycles. The van der Waals surface area contributed by atoms with Crippen LogP contribution in [0.4, 0.5) is 5.82 Å². The first kappa shape index (κ1) is 12.7. The quantitative estimate of drug-likeness (QED) is 0.772. The molecule has 0 bridgehead atoms. The van der Waals surface area contributed by atoms with E-state index >= 15 is 0 Å². The van der Waals surface area contributed by atoms with Gasteiger partial charge in [-0.05, 0) is 12.3 Å². The maximum absolute atomic E-state index is 11.6. The molecular weight excluding hydrogens is 206 g/mol. The molecule has 0 spiro atoms. The lowest BCUT2D eigenvalue weighted by atomic mass is 10.1. The molecule has 0 radical (unpaired) electrons. The first-order chi connectivity index (χ1) is 7.65. The highest BCUT2D eigenvalue weighted by Crippen LogP contribution is 2.08. The lowest BCUT2D eigenvalue weighted by molar-refractivity contribution is -0.117. The molecule has 0 aliphatic heterocycles. The number of nitrogens with one attached hydrogen (secondary N) is 2. The van der Waals surface area contributed by atoms with Gasteiger partial charge in [-0.25, -0.2) is 0 Å². The van der Waals surface area contributed by atoms with Gasteiger partial charge in [0, 0.05) is 31.9 Å². The second-order valence-electron chi connectivity index (χ2n) is 3.94. The van der Waals surface area contributed by atoms with Crippen LogP contribution in [0.5, 0.6) is 0 Å². The van der Waals surface area contributed by atoms with Crippen molar-refractivity contribution in [3.63, 3.8) is 0 Å². The second kappa shape index (κ2) is 6.27. The second-order valence-corrected chi connectivity index (χ2v) is 3.94. The maximum atomic E-state index is 11.6. The first-order valence-electron chi connectivity index (χ1n) is 5.48. The summed E-state index contributed by atoms with van der Waals surface area (Å²) in [5.41, 5.74) is 1.01. The van der Waals surface area contributed by atoms with E-state index in [0.29, 0.717) is 18.8 Å². The third kappa shape index (κ3) is 4.02. The summed E-state index contributed by atoms with van der Waals surface area (Å²) in [4.78, 5) is 11.6. The summed E-state index contributed by atoms with van der Waals surface area (Å²) in [6.45, 7) is 4.60. The lowest BCUT2D eigenvalue weighted by Gasteiger charge is -2.08. The zero-order chi connectivity index (χ0) is 12.0. The van der Waals surface area contributed by atoms with Crippen molar-refractivity contribution in [1.82, 2.24) is 10.2 Å². The fourth-order valence-electron chi connectivity index (χ4n) is 1.46. The van der Waals surface area contributed by atoms with Crippen LogP contribution in [0.15, 0.2) is 6.07 Å². The van der Waals surface area contributed by atoms with Crippen LogP contribution in [0, 0.1) is 5.92 Å². The van der Waals surface area contributed by atoms with Crippen LogP contribution in [0.25, 0.3) is 0 Å². The Balaban J connectivity index is 2.39. The number of hydrogen-bond donors (Lipinski definition) is 2. The Hall–Kier alpha value is -1.36. The molecule has 1 heterocycles. The minimum Gasteiger partial charge on any atom is -0.384 e. The van der Waals surface area contributed by atoms with E-state index in [1.165, 1.54) is 0 Å². The molecular formula is C11H19N3O2. The Morgan fingerprint density at radius 2 is 2.44 bits per heavy atom. The third-order valence-corrected chi connectivity index (χ3v) is 2.26. The Bertz CT molecular complexity index is 336. The van der Waals surface area contributed by atoms with E-state index in [-0.39, 0.29) is 11.8 Å². The van der Waals surface area contributed by atoms with E-state index in [4.69, 9.17) is 4.74 Å². The number of aromatic nitrogens is 2. The van der Waals surface area contributed by atoms with Crippen molar-refractivity contribution < 1.29 is 9.53 Å². The van der Waals surface area contributed by atoms with Gasteiger partial charge in [-0.1, -0.05) is 13.8 Å². The van der Waals surface area contributed by atoms with Crippen LogP contribution in [-0.2, 0) is 16.0 Å². The summed E-state index contributed by atoms with van der Waals surface area (Å²) in [6, 6.07) is 1.85. The molecule has 1 rings (SSSR count). The van der Waals surface area contributed by atoms with E-state index in [1.807, 2.05) is 19.9 Å². The predicted molar refractivity (Wildman–Crippen MR) is 62.3 cm³/mol. The number of nitrogens with zero attached hydrogens (tertiary/aromatic N) is 1. The summed E-state index contributed by atoms with van der Waals surface area (Å²) in [5.74, 6) is 0.778. The minimum absolute atomic E-state index is 0.0290. The van der Waals surface area contributed by atoms with Crippen molar-refractivity contribution in [2.24, 2.45) is 5.92 Å². The van der Waals surface area contributed by atoms with Crippen molar-refractivity contribution in [1.29, 1.82) is 0 Å². The molecule has 1 aromatic heterocycles. The number of H-pyrrole nitrogens is 1. The molecule has 5 heteroatoms. The molecule has 1 amide bonds. The topological polar surface area (TPSA) is 67.0 Å². The molecule has 0 saturated carbocycles. The smallest absolute Gasteiger partial charge is 0.225 e. The van der Waals surface area contributed by atoms with Gasteiger partial charge >= 0.3 is 0 Å². The number of aromatic amines is 1. The standard InChI is InChI=1S/C11H19N3O2/c1-4-9-6-10(14-13-9)12-11(15)5-8(2)7-16-3/h6,8H,4-5,7H2,1-3H3,(H2,12,13,14,15). The SMILES string of the molecule is CCc1cc(NC(=O)CC(C)COC)n[nH]1. The van der Waals surface area contributed by atoms with Crippen molar-refractivity contribution in [3.8, 4) is 0 Å². The van der Waals surface area contributed by atoms with Gasteiger partial charge in [0.2, 0.25) is 5.91 Å². The summed E-state index contributed by atoms with van der Waals surface area (Å²) < 4.78 is 4.97. The maximum Gasteiger partial charge on any atom is 0.225 e. The van der Waals surface area contributed by atoms with Gasteiger partial charge < -0.3 is 10.1 Å². The highest BCUT2D eigenvalue weighted by molar-refractivity contribution is 5.89. The van der Waals surface area contributed by atoms with Gasteiger partial charge in [0.05, 0.1) is 0 Å². The average molecular weight is 225 g/mol. The number of aryl methyl sites for hydroxylation is 1. The Morgan fingerprint density at radius 3 is 3.00 bits per heavy atom. The number of methoxy groups -OCH3 is 1. The van der Waals surface area contributed by atoms with Gasteiger partial charge in [0.1, 0.15) is 0 Å². The molecule has 90 valence electrons. The number of carbonyl (C=O) groups is 1. The highest BCUT2D eigenvalue weighted by atomic mass is 16.5. The highest BCUT2D eigenvalue weighted by Gasteiger charge is 2.10. The van der Waals surface area contributed by atoms with E-state index in [0.717, 1.165) is 12.1 Å². The third-order valence-electron chi connectivity index (χ3n) is 2.26. The van der Waals surface area contributed by atoms with Crippen LogP contribution in [0.1, 0.15) is 26.0 Å². The largest absolute Gasteiger partial charge is 0.384 e. The van der Waals surface area contributed by atoms with Gasteiger partial charge in [-0.15, -0.1) is 0 Å². The van der Waals surface area contributed by atoms with Gasteiger partial charge in [-0.2, -0.15) is 5.10 Å². The molecule has 2 N–H and O–H groups in total. The van der Waals surface area contributed by atoms with Crippen LogP contribution in [0.2, 0.25) is 0 Å². The molecule has 5 nitrogen and oxygen atoms in total. The first-order valence-corrected chi connectivity index (χ1v) is 5.48. The molecule has 0 fully saturated rings. The molecule has 0 aliphatic carbocycles. The van der Waals surface area contributed by atoms with E-state index in [2.05, 4.69) is 15.5 Å². The Labute approximate surface area is 95.6 Å². The minimum atomic E-state index is -0.0290. The van der Waals surface area contributed by atoms with Crippen LogP contribution in [0.3, 0.4) is 0 Å². The van der Waals surface area contributed by atoms with Crippen LogP contribution in [-0.4, -0.2) is 29.8 Å². The fraction of sp³-hybridized carbons (Fsp3) is 0.636. The van der Waals surface area contributed by atoms with Gasteiger partial charge in [-0.3, -0.25) is 9.89 Å². The Kier molecular flexibility index (Phi) is 4.98. The van der Waals surface area contributed by atoms with Crippen molar-refractivity contribution in [2.45, 2.75) is 26.7 Å². The molecule has 1 atom stereocenters. The summed E-state index contributed by atoms with van der Waals surface area (Å²) in [5, 5.41) is 9.59. The molecule has 16 heavy (non-hydrogen) atoms. The fourth-order valence-corrected chi connectivity index (χ4v) is 1.46. The summed E-state index contributed by atoms with van der Waals surface area (Å²) in [6.07, 6.45) is 1.32. The van der Waals surface area contributed by atoms with Crippen molar-refractivity contribution in [3.05, 3.63) is 11.8 Å². The van der Waals surface area contributed by atoms with Gasteiger partial charge in [0.25, 0.3) is 0 Å². The zero-order valence-corrected chi connectivity index (χ0v) is 10.0. The normalized spacial score (nSPS) is 12.4. The van der Waals surface area contributed by atoms with Crippen molar-refractivity contribution >= 4 is 11.7 Å². The van der Waals surface area contributed by atoms with Crippen LogP contribution >= 0.6 is 0 Å². The van der Waals surface area contributed by atoms with Crippen LogP contribution < -0.4 is 5.32 Å². The monoisotopic (exact) mass is 225 g/mol. The number of carbonyl (C=O) groups excluding carboxylic acids is 1. The van der Waals surface area contributed by atoms with Crippen molar-refractivity contribution in [2.75, 3.05) is 19.0 Å². The van der Waals surface area contributed by atoms with E-state index < -0.39 is 0 Å².